The summed E-state index contributed by atoms with van der Waals surface area (Å²) in [5.41, 5.74) is 7.91. The van der Waals surface area contributed by atoms with E-state index < -0.39 is 0 Å². The topological polar surface area (TPSA) is 78.8 Å². The van der Waals surface area contributed by atoms with Crippen molar-refractivity contribution in [2.24, 2.45) is 11.7 Å². The van der Waals surface area contributed by atoms with Crippen LogP contribution in [0.5, 0.6) is 0 Å². The number of nitriles is 1. The van der Waals surface area contributed by atoms with Gasteiger partial charge in [0.05, 0.1) is 11.2 Å². The molecule has 20 heavy (non-hydrogen) atoms. The maximum atomic E-state index is 9.31. The van der Waals surface area contributed by atoms with Crippen molar-refractivity contribution in [2.45, 2.75) is 12.8 Å². The van der Waals surface area contributed by atoms with E-state index in [-0.39, 0.29) is 0 Å². The molecule has 0 saturated carbocycles. The highest BCUT2D eigenvalue weighted by Crippen LogP contribution is 2.30. The lowest BCUT2D eigenvalue weighted by molar-refractivity contribution is 0.414. The van der Waals surface area contributed by atoms with Crippen LogP contribution < -0.4 is 10.6 Å². The van der Waals surface area contributed by atoms with E-state index in [0.29, 0.717) is 11.6 Å². The predicted octanol–water partition coefficient (Wildman–Crippen LogP) is 1.68. The van der Waals surface area contributed by atoms with E-state index in [0.717, 1.165) is 49.1 Å². The molecule has 0 spiro atoms. The highest BCUT2D eigenvalue weighted by atomic mass is 15.2. The Kier molecular flexibility index (Phi) is 3.48. The Hall–Kier alpha value is -2.19. The van der Waals surface area contributed by atoms with Crippen molar-refractivity contribution in [3.8, 4) is 6.07 Å². The van der Waals surface area contributed by atoms with E-state index in [1.54, 1.807) is 0 Å². The Morgan fingerprint density at radius 1 is 1.25 bits per heavy atom. The number of rotatable bonds is 2. The Balaban J connectivity index is 2.04. The molecule has 0 amide bonds. The molecule has 0 aliphatic carbocycles. The van der Waals surface area contributed by atoms with E-state index in [9.17, 15) is 5.26 Å². The molecular formula is C15H17N5. The molecule has 1 saturated heterocycles. The largest absolute Gasteiger partial charge is 0.369 e. The fourth-order valence-corrected chi connectivity index (χ4v) is 2.83. The maximum absolute atomic E-state index is 9.31. The Labute approximate surface area is 118 Å². The van der Waals surface area contributed by atoms with Crippen LogP contribution in [0.3, 0.4) is 0 Å². The SMILES string of the molecule is N#Cc1nnc2ccccc2c1N1CCC(CN)CC1. The van der Waals surface area contributed by atoms with Crippen LogP contribution in [-0.2, 0) is 0 Å². The van der Waals surface area contributed by atoms with Crippen LogP contribution >= 0.6 is 0 Å². The molecule has 0 bridgehead atoms. The van der Waals surface area contributed by atoms with E-state index >= 15 is 0 Å². The molecular weight excluding hydrogens is 250 g/mol. The van der Waals surface area contributed by atoms with Gasteiger partial charge in [0.25, 0.3) is 0 Å². The highest BCUT2D eigenvalue weighted by molar-refractivity contribution is 5.93. The molecule has 2 N–H and O–H groups in total. The number of nitrogens with zero attached hydrogens (tertiary/aromatic N) is 4. The summed E-state index contributed by atoms with van der Waals surface area (Å²) in [4.78, 5) is 2.25. The molecule has 1 aliphatic rings. The number of anilines is 1. The van der Waals surface area contributed by atoms with E-state index in [1.165, 1.54) is 0 Å². The second-order valence-electron chi connectivity index (χ2n) is 5.19. The van der Waals surface area contributed by atoms with Crippen molar-refractivity contribution in [1.29, 1.82) is 5.26 Å². The van der Waals surface area contributed by atoms with Gasteiger partial charge in [0.2, 0.25) is 0 Å². The molecule has 1 aromatic heterocycles. The molecule has 2 aromatic rings. The smallest absolute Gasteiger partial charge is 0.187 e. The van der Waals surface area contributed by atoms with Gasteiger partial charge in [0, 0.05) is 18.5 Å². The maximum Gasteiger partial charge on any atom is 0.187 e. The van der Waals surface area contributed by atoms with Crippen LogP contribution in [0.15, 0.2) is 24.3 Å². The Bertz CT molecular complexity index is 653. The minimum Gasteiger partial charge on any atom is -0.369 e. The third-order valence-electron chi connectivity index (χ3n) is 4.01. The zero-order valence-electron chi connectivity index (χ0n) is 11.3. The first-order valence-corrected chi connectivity index (χ1v) is 6.94. The number of hydrogen-bond acceptors (Lipinski definition) is 5. The van der Waals surface area contributed by atoms with E-state index in [1.807, 2.05) is 24.3 Å². The standard InChI is InChI=1S/C15H17N5/c16-9-11-5-7-20(8-6-11)15-12-3-1-2-4-13(12)18-19-14(15)10-17/h1-4,11H,5-9,16H2. The molecule has 1 aliphatic heterocycles. The van der Waals surface area contributed by atoms with Crippen LogP contribution in [0.4, 0.5) is 5.69 Å². The van der Waals surface area contributed by atoms with Crippen LogP contribution in [0.1, 0.15) is 18.5 Å². The third kappa shape index (κ3) is 2.19. The normalized spacial score (nSPS) is 16.3. The van der Waals surface area contributed by atoms with Crippen molar-refractivity contribution in [1.82, 2.24) is 10.2 Å². The summed E-state index contributed by atoms with van der Waals surface area (Å²) in [6.07, 6.45) is 2.13. The number of nitrogens with two attached hydrogens (primary N) is 1. The van der Waals surface area contributed by atoms with Gasteiger partial charge in [0.15, 0.2) is 5.69 Å². The lowest BCUT2D eigenvalue weighted by atomic mass is 9.96. The Morgan fingerprint density at radius 2 is 2.00 bits per heavy atom. The van der Waals surface area contributed by atoms with Gasteiger partial charge in [0.1, 0.15) is 6.07 Å². The molecule has 0 atom stereocenters. The average molecular weight is 267 g/mol. The third-order valence-corrected chi connectivity index (χ3v) is 4.01. The van der Waals surface area contributed by atoms with Gasteiger partial charge in [-0.3, -0.25) is 0 Å². The van der Waals surface area contributed by atoms with Crippen LogP contribution in [0, 0.1) is 17.2 Å². The van der Waals surface area contributed by atoms with Gasteiger partial charge in [-0.1, -0.05) is 18.2 Å². The first-order chi connectivity index (χ1) is 9.83. The van der Waals surface area contributed by atoms with Gasteiger partial charge in [-0.2, -0.15) is 5.26 Å². The van der Waals surface area contributed by atoms with E-state index in [4.69, 9.17) is 5.73 Å². The molecule has 102 valence electrons. The van der Waals surface area contributed by atoms with Crippen molar-refractivity contribution in [2.75, 3.05) is 24.5 Å². The summed E-state index contributed by atoms with van der Waals surface area (Å²) in [7, 11) is 0. The van der Waals surface area contributed by atoms with Crippen molar-refractivity contribution in [3.63, 3.8) is 0 Å². The van der Waals surface area contributed by atoms with Gasteiger partial charge in [-0.05, 0) is 31.4 Å². The fourth-order valence-electron chi connectivity index (χ4n) is 2.83. The van der Waals surface area contributed by atoms with E-state index in [2.05, 4.69) is 21.2 Å². The van der Waals surface area contributed by atoms with Crippen LogP contribution in [-0.4, -0.2) is 29.8 Å². The van der Waals surface area contributed by atoms with Crippen molar-refractivity contribution in [3.05, 3.63) is 30.0 Å². The summed E-state index contributed by atoms with van der Waals surface area (Å²) in [5.74, 6) is 0.595. The molecule has 0 unspecified atom stereocenters. The Morgan fingerprint density at radius 3 is 2.70 bits per heavy atom. The summed E-state index contributed by atoms with van der Waals surface area (Å²) < 4.78 is 0. The second kappa shape index (κ2) is 5.43. The first kappa shape index (κ1) is 12.8. The average Bonchev–Trinajstić information content (AvgIpc) is 2.54. The number of benzene rings is 1. The summed E-state index contributed by atoms with van der Waals surface area (Å²) >= 11 is 0. The van der Waals surface area contributed by atoms with Crippen LogP contribution in [0.2, 0.25) is 0 Å². The predicted molar refractivity (Wildman–Crippen MR) is 78.2 cm³/mol. The molecule has 3 rings (SSSR count). The lowest BCUT2D eigenvalue weighted by Crippen LogP contribution is -2.36. The quantitative estimate of drug-likeness (QED) is 0.895. The van der Waals surface area contributed by atoms with Gasteiger partial charge < -0.3 is 10.6 Å². The zero-order chi connectivity index (χ0) is 13.9. The number of fused-ring (bicyclic) bond motifs is 1. The molecule has 2 heterocycles. The molecule has 1 aromatic carbocycles. The summed E-state index contributed by atoms with van der Waals surface area (Å²) in [5, 5.41) is 18.5. The van der Waals surface area contributed by atoms with Gasteiger partial charge in [-0.25, -0.2) is 0 Å². The summed E-state index contributed by atoms with van der Waals surface area (Å²) in [6, 6.07) is 10.0. The second-order valence-corrected chi connectivity index (χ2v) is 5.19. The number of hydrogen-bond donors (Lipinski definition) is 1. The number of piperidine rings is 1. The summed E-state index contributed by atoms with van der Waals surface area (Å²) in [6.45, 7) is 2.59. The van der Waals surface area contributed by atoms with Crippen molar-refractivity contribution < 1.29 is 0 Å². The molecule has 0 radical (unpaired) electrons. The zero-order valence-corrected chi connectivity index (χ0v) is 11.3. The molecule has 1 fully saturated rings. The number of aromatic nitrogens is 2. The highest BCUT2D eigenvalue weighted by Gasteiger charge is 2.22. The van der Waals surface area contributed by atoms with Crippen molar-refractivity contribution >= 4 is 16.6 Å². The minimum absolute atomic E-state index is 0.412. The van der Waals surface area contributed by atoms with Crippen LogP contribution in [0.25, 0.3) is 10.9 Å². The lowest BCUT2D eigenvalue weighted by Gasteiger charge is -2.33. The minimum atomic E-state index is 0.412. The molecule has 5 nitrogen and oxygen atoms in total. The fraction of sp³-hybridized carbons (Fsp3) is 0.400. The van der Waals surface area contributed by atoms with Gasteiger partial charge in [-0.15, -0.1) is 10.2 Å². The van der Waals surface area contributed by atoms with Gasteiger partial charge >= 0.3 is 0 Å². The monoisotopic (exact) mass is 267 g/mol. The molecule has 5 heteroatoms. The first-order valence-electron chi connectivity index (χ1n) is 6.94.